The summed E-state index contributed by atoms with van der Waals surface area (Å²) in [4.78, 5) is 21.1. The van der Waals surface area contributed by atoms with Gasteiger partial charge in [0.25, 0.3) is 5.91 Å². The van der Waals surface area contributed by atoms with Crippen molar-refractivity contribution in [2.24, 2.45) is 0 Å². The molecule has 3 aromatic rings. The highest BCUT2D eigenvalue weighted by molar-refractivity contribution is 8.25. The van der Waals surface area contributed by atoms with Crippen LogP contribution in [0, 0.1) is 0 Å². The number of amides is 1. The Morgan fingerprint density at radius 3 is 2.87 bits per heavy atom. The molecule has 0 fully saturated rings. The van der Waals surface area contributed by atoms with E-state index in [-0.39, 0.29) is 34.4 Å². The maximum absolute atomic E-state index is 12.8. The molecule has 4 rings (SSSR count). The maximum atomic E-state index is 12.8. The summed E-state index contributed by atoms with van der Waals surface area (Å²) >= 11 is 6.00. The molecule has 0 aliphatic carbocycles. The van der Waals surface area contributed by atoms with Gasteiger partial charge in [-0.1, -0.05) is 28.4 Å². The van der Waals surface area contributed by atoms with Crippen molar-refractivity contribution in [2.75, 3.05) is 18.4 Å². The summed E-state index contributed by atoms with van der Waals surface area (Å²) in [7, 11) is -2.16. The minimum atomic E-state index is -3.57. The number of fused-ring (bicyclic) bond motifs is 1. The Balaban J connectivity index is 1.60. The molecule has 0 spiro atoms. The third-order valence-corrected chi connectivity index (χ3v) is 6.25. The Labute approximate surface area is 184 Å². The first-order valence-electron chi connectivity index (χ1n) is 9.10. The lowest BCUT2D eigenvalue weighted by atomic mass is 10.1. The molecule has 11 heteroatoms. The van der Waals surface area contributed by atoms with E-state index in [1.165, 1.54) is 31.5 Å². The number of ether oxygens (including phenoxy) is 2. The summed E-state index contributed by atoms with van der Waals surface area (Å²) in [6.45, 7) is 0.180. The number of carbonyl (C=O) groups excluding carboxylic acids is 1. The number of aromatic nitrogens is 2. The molecule has 0 saturated heterocycles. The Bertz CT molecular complexity index is 1120. The molecule has 2 aromatic heterocycles. The van der Waals surface area contributed by atoms with Crippen LogP contribution in [-0.2, 0) is 0 Å². The van der Waals surface area contributed by atoms with Crippen LogP contribution in [0.25, 0.3) is 0 Å². The van der Waals surface area contributed by atoms with E-state index < -0.39 is 22.7 Å². The van der Waals surface area contributed by atoms with E-state index >= 15 is 0 Å². The van der Waals surface area contributed by atoms with Crippen LogP contribution >= 0.6 is 22.4 Å². The fraction of sp³-hybridized carbons (Fsp3) is 0.150. The summed E-state index contributed by atoms with van der Waals surface area (Å²) in [5.74, 6) is -0.0133. The largest absolute Gasteiger partial charge is 0.495 e. The van der Waals surface area contributed by atoms with Crippen molar-refractivity contribution < 1.29 is 23.4 Å². The van der Waals surface area contributed by atoms with E-state index in [9.17, 15) is 13.9 Å². The first-order valence-corrected chi connectivity index (χ1v) is 11.0. The number of nitrogens with zero attached hydrogens (tertiary/aromatic N) is 2. The fourth-order valence-corrected chi connectivity index (χ4v) is 4.59. The van der Waals surface area contributed by atoms with E-state index in [1.807, 2.05) is 6.07 Å². The van der Waals surface area contributed by atoms with E-state index in [0.29, 0.717) is 5.02 Å². The number of nitrogens with one attached hydrogen (secondary N) is 2. The van der Waals surface area contributed by atoms with Crippen LogP contribution in [0.2, 0.25) is 5.02 Å². The smallest absolute Gasteiger partial charge is 0.257 e. The van der Waals surface area contributed by atoms with Gasteiger partial charge in [0.15, 0.2) is 0 Å². The highest BCUT2D eigenvalue weighted by Gasteiger charge is 2.27. The monoisotopic (exact) mass is 462 g/mol. The van der Waals surface area contributed by atoms with Gasteiger partial charge in [-0.25, -0.2) is 4.98 Å². The highest BCUT2D eigenvalue weighted by Crippen LogP contribution is 2.52. The number of hydrogen-bond acceptors (Lipinski definition) is 8. The van der Waals surface area contributed by atoms with E-state index in [4.69, 9.17) is 21.1 Å². The number of rotatable bonds is 5. The van der Waals surface area contributed by atoms with Gasteiger partial charge in [-0.3, -0.25) is 23.6 Å². The lowest BCUT2D eigenvalue weighted by molar-refractivity contribution is 0.0938. The van der Waals surface area contributed by atoms with Crippen LogP contribution < -0.4 is 19.5 Å². The van der Waals surface area contributed by atoms with Crippen molar-refractivity contribution in [3.63, 3.8) is 0 Å². The van der Waals surface area contributed by atoms with Crippen LogP contribution in [0.1, 0.15) is 22.0 Å². The van der Waals surface area contributed by atoms with Crippen molar-refractivity contribution in [3.05, 3.63) is 71.1 Å². The molecular formula is C20H19ClN4O5S. The van der Waals surface area contributed by atoms with Crippen LogP contribution in [0.3, 0.4) is 0 Å². The molecule has 31 heavy (non-hydrogen) atoms. The number of carbonyl (C=O) groups is 1. The Hall–Kier alpha value is -3.05. The SMILES string of the molecule is COc1ccc(Cl)cc1S(O)(O)Nc1cnc2c(c1)C(=O)NC(c1cccnc1)CO2. The average molecular weight is 463 g/mol. The molecule has 3 heterocycles. The van der Waals surface area contributed by atoms with Crippen molar-refractivity contribution in [2.45, 2.75) is 10.9 Å². The zero-order chi connectivity index (χ0) is 22.0. The Kier molecular flexibility index (Phi) is 5.88. The van der Waals surface area contributed by atoms with E-state index in [2.05, 4.69) is 20.0 Å². The first kappa shape index (κ1) is 21.2. The van der Waals surface area contributed by atoms with Gasteiger partial charge in [0.05, 0.1) is 25.0 Å². The highest BCUT2D eigenvalue weighted by atomic mass is 35.5. The Morgan fingerprint density at radius 1 is 1.29 bits per heavy atom. The topological polar surface area (TPSA) is 126 Å². The molecule has 0 saturated carbocycles. The lowest BCUT2D eigenvalue weighted by Gasteiger charge is -2.34. The van der Waals surface area contributed by atoms with Crippen molar-refractivity contribution in [1.82, 2.24) is 15.3 Å². The number of anilines is 1. The van der Waals surface area contributed by atoms with Crippen molar-refractivity contribution in [1.29, 1.82) is 0 Å². The lowest BCUT2D eigenvalue weighted by Crippen LogP contribution is -2.29. The number of pyridine rings is 2. The predicted octanol–water partition coefficient (Wildman–Crippen LogP) is 4.14. The number of halogens is 1. The van der Waals surface area contributed by atoms with Gasteiger partial charge in [0.1, 0.15) is 22.8 Å². The van der Waals surface area contributed by atoms with Gasteiger partial charge >= 0.3 is 0 Å². The second kappa shape index (κ2) is 8.60. The molecule has 1 aliphatic rings. The average Bonchev–Trinajstić information content (AvgIpc) is 2.93. The number of benzene rings is 1. The molecule has 1 unspecified atom stereocenters. The standard InChI is InChI=1S/C20H19ClN4O5S/c1-29-17-5-4-13(21)7-18(17)31(27,28)25-14-8-15-19(26)24-16(11-30-20(15)23-10-14)12-3-2-6-22-9-12/h2-10,16,25,27-28H,11H2,1H3,(H,24,26). The number of methoxy groups -OCH3 is 1. The van der Waals surface area contributed by atoms with E-state index in [0.717, 1.165) is 5.56 Å². The zero-order valence-electron chi connectivity index (χ0n) is 16.3. The van der Waals surface area contributed by atoms with Crippen LogP contribution in [0.4, 0.5) is 5.69 Å². The molecule has 162 valence electrons. The van der Waals surface area contributed by atoms with Gasteiger partial charge in [-0.15, -0.1) is 0 Å². The third kappa shape index (κ3) is 4.52. The fourth-order valence-electron chi connectivity index (χ4n) is 3.08. The van der Waals surface area contributed by atoms with Crippen LogP contribution in [0.5, 0.6) is 11.6 Å². The molecule has 0 radical (unpaired) electrons. The first-order chi connectivity index (χ1) is 14.9. The molecule has 1 aliphatic heterocycles. The van der Waals surface area contributed by atoms with Crippen LogP contribution in [0.15, 0.2) is 59.9 Å². The Morgan fingerprint density at radius 2 is 2.13 bits per heavy atom. The van der Waals surface area contributed by atoms with Crippen molar-refractivity contribution >= 4 is 34.0 Å². The van der Waals surface area contributed by atoms with Gasteiger partial charge in [0, 0.05) is 17.4 Å². The molecular weight excluding hydrogens is 444 g/mol. The van der Waals surface area contributed by atoms with Gasteiger partial charge in [-0.2, -0.15) is 0 Å². The van der Waals surface area contributed by atoms with Crippen molar-refractivity contribution in [3.8, 4) is 11.6 Å². The molecule has 1 amide bonds. The van der Waals surface area contributed by atoms with Gasteiger partial charge in [-0.05, 0) is 35.9 Å². The van der Waals surface area contributed by atoms with Gasteiger partial charge < -0.3 is 14.8 Å². The second-order valence-electron chi connectivity index (χ2n) is 6.65. The molecule has 9 nitrogen and oxygen atoms in total. The molecule has 1 atom stereocenters. The summed E-state index contributed by atoms with van der Waals surface area (Å²) < 4.78 is 34.9. The summed E-state index contributed by atoms with van der Waals surface area (Å²) in [6.07, 6.45) is 4.64. The molecule has 0 bridgehead atoms. The maximum Gasteiger partial charge on any atom is 0.257 e. The summed E-state index contributed by atoms with van der Waals surface area (Å²) in [5.41, 5.74) is 1.16. The molecule has 4 N–H and O–H groups in total. The molecule has 1 aromatic carbocycles. The predicted molar refractivity (Wildman–Crippen MR) is 117 cm³/mol. The normalized spacial score (nSPS) is 16.4. The summed E-state index contributed by atoms with van der Waals surface area (Å²) in [5, 5.41) is 3.18. The third-order valence-electron chi connectivity index (χ3n) is 4.57. The van der Waals surface area contributed by atoms with E-state index in [1.54, 1.807) is 24.5 Å². The minimum absolute atomic E-state index is 0.0785. The zero-order valence-corrected chi connectivity index (χ0v) is 17.9. The quantitative estimate of drug-likeness (QED) is 0.445. The second-order valence-corrected chi connectivity index (χ2v) is 8.82. The number of hydrogen-bond donors (Lipinski definition) is 4. The summed E-state index contributed by atoms with van der Waals surface area (Å²) in [6, 6.07) is 9.15. The van der Waals surface area contributed by atoms with Gasteiger partial charge in [0.2, 0.25) is 5.88 Å². The minimum Gasteiger partial charge on any atom is -0.495 e. The van der Waals surface area contributed by atoms with Crippen LogP contribution in [-0.4, -0.2) is 38.7 Å².